The van der Waals surface area contributed by atoms with Crippen molar-refractivity contribution in [1.82, 2.24) is 10.6 Å². The first-order chi connectivity index (χ1) is 9.28. The lowest BCUT2D eigenvalue weighted by Gasteiger charge is -2.14. The highest BCUT2D eigenvalue weighted by molar-refractivity contribution is 5.81. The highest BCUT2D eigenvalue weighted by Gasteiger charge is 2.13. The maximum Gasteiger partial charge on any atom is 0.203 e. The molecule has 0 saturated heterocycles. The van der Waals surface area contributed by atoms with Gasteiger partial charge in [-0.15, -0.1) is 0 Å². The molecule has 0 radical (unpaired) electrons. The second-order valence-corrected chi connectivity index (χ2v) is 4.04. The molecule has 2 rings (SSSR count). The van der Waals surface area contributed by atoms with Gasteiger partial charge in [0.1, 0.15) is 0 Å². The molecule has 6 heteroatoms. The van der Waals surface area contributed by atoms with Gasteiger partial charge in [0, 0.05) is 13.1 Å². The van der Waals surface area contributed by atoms with E-state index in [2.05, 4.69) is 15.6 Å². The Morgan fingerprint density at radius 1 is 1.16 bits per heavy atom. The summed E-state index contributed by atoms with van der Waals surface area (Å²) in [7, 11) is 4.81. The number of hydrogen-bond donors (Lipinski definition) is 2. The molecule has 0 saturated carbocycles. The van der Waals surface area contributed by atoms with Crippen LogP contribution >= 0.6 is 0 Å². The number of nitrogens with one attached hydrogen (secondary N) is 2. The molecule has 6 nitrogen and oxygen atoms in total. The number of rotatable bonds is 5. The molecule has 0 spiro atoms. The van der Waals surface area contributed by atoms with Gasteiger partial charge in [0.15, 0.2) is 17.5 Å². The van der Waals surface area contributed by atoms with Crippen LogP contribution in [0.25, 0.3) is 0 Å². The Morgan fingerprint density at radius 3 is 2.32 bits per heavy atom. The SMILES string of the molecule is COc1cc(CNC2=NCCN2)cc(OC)c1OC. The van der Waals surface area contributed by atoms with E-state index in [4.69, 9.17) is 14.2 Å². The standard InChI is InChI=1S/C13H19N3O3/c1-17-10-6-9(7-11(18-2)12(10)19-3)8-16-13-14-4-5-15-13/h6-7H,4-5,8H2,1-3H3,(H2,14,15,16). The first-order valence-electron chi connectivity index (χ1n) is 6.09. The van der Waals surface area contributed by atoms with E-state index in [0.717, 1.165) is 24.6 Å². The molecule has 1 aliphatic heterocycles. The van der Waals surface area contributed by atoms with Crippen LogP contribution in [0.3, 0.4) is 0 Å². The van der Waals surface area contributed by atoms with Crippen LogP contribution in [0, 0.1) is 0 Å². The van der Waals surface area contributed by atoms with Crippen molar-refractivity contribution >= 4 is 5.96 Å². The lowest BCUT2D eigenvalue weighted by molar-refractivity contribution is 0.323. The van der Waals surface area contributed by atoms with Gasteiger partial charge < -0.3 is 24.8 Å². The minimum absolute atomic E-state index is 0.602. The molecule has 0 aromatic heterocycles. The molecular formula is C13H19N3O3. The molecule has 1 aromatic carbocycles. The van der Waals surface area contributed by atoms with E-state index in [1.54, 1.807) is 21.3 Å². The first kappa shape index (κ1) is 13.3. The number of hydrogen-bond acceptors (Lipinski definition) is 6. The van der Waals surface area contributed by atoms with E-state index in [1.807, 2.05) is 12.1 Å². The molecule has 1 aromatic rings. The molecule has 2 N–H and O–H groups in total. The van der Waals surface area contributed by atoms with Crippen LogP contribution in [0.1, 0.15) is 5.56 Å². The molecule has 0 unspecified atom stereocenters. The minimum Gasteiger partial charge on any atom is -0.493 e. The second-order valence-electron chi connectivity index (χ2n) is 4.04. The fraction of sp³-hybridized carbons (Fsp3) is 0.462. The van der Waals surface area contributed by atoms with Gasteiger partial charge >= 0.3 is 0 Å². The summed E-state index contributed by atoms with van der Waals surface area (Å²) in [6.45, 7) is 2.34. The summed E-state index contributed by atoms with van der Waals surface area (Å²) in [4.78, 5) is 4.28. The number of nitrogens with zero attached hydrogens (tertiary/aromatic N) is 1. The lowest BCUT2D eigenvalue weighted by atomic mass is 10.2. The summed E-state index contributed by atoms with van der Waals surface area (Å²) < 4.78 is 15.9. The van der Waals surface area contributed by atoms with Gasteiger partial charge in [-0.05, 0) is 17.7 Å². The van der Waals surface area contributed by atoms with E-state index in [9.17, 15) is 0 Å². The number of methoxy groups -OCH3 is 3. The number of aliphatic imine (C=N–C) groups is 1. The largest absolute Gasteiger partial charge is 0.493 e. The van der Waals surface area contributed by atoms with Gasteiger partial charge in [-0.25, -0.2) is 0 Å². The molecule has 0 amide bonds. The Labute approximate surface area is 112 Å². The van der Waals surface area contributed by atoms with Crippen molar-refractivity contribution in [3.63, 3.8) is 0 Å². The van der Waals surface area contributed by atoms with E-state index in [0.29, 0.717) is 23.8 Å². The van der Waals surface area contributed by atoms with Crippen LogP contribution in [0.2, 0.25) is 0 Å². The van der Waals surface area contributed by atoms with Gasteiger partial charge in [0.2, 0.25) is 5.75 Å². The summed E-state index contributed by atoms with van der Waals surface area (Å²) >= 11 is 0. The van der Waals surface area contributed by atoms with Gasteiger partial charge in [-0.1, -0.05) is 0 Å². The van der Waals surface area contributed by atoms with Crippen LogP contribution in [-0.2, 0) is 6.54 Å². The number of ether oxygens (including phenoxy) is 3. The molecule has 19 heavy (non-hydrogen) atoms. The molecule has 104 valence electrons. The third-order valence-electron chi connectivity index (χ3n) is 2.86. The zero-order valence-corrected chi connectivity index (χ0v) is 11.4. The Balaban J connectivity index is 2.15. The van der Waals surface area contributed by atoms with Crippen molar-refractivity contribution in [2.75, 3.05) is 34.4 Å². The fourth-order valence-electron chi connectivity index (χ4n) is 1.94. The predicted octanol–water partition coefficient (Wildman–Crippen LogP) is 0.761. The Hall–Kier alpha value is -2.11. The molecule has 0 fully saturated rings. The van der Waals surface area contributed by atoms with Gasteiger partial charge in [-0.3, -0.25) is 4.99 Å². The van der Waals surface area contributed by atoms with Gasteiger partial charge in [0.25, 0.3) is 0 Å². The molecule has 1 heterocycles. The van der Waals surface area contributed by atoms with Crippen molar-refractivity contribution in [1.29, 1.82) is 0 Å². The summed E-state index contributed by atoms with van der Waals surface area (Å²) in [5.74, 6) is 2.73. The summed E-state index contributed by atoms with van der Waals surface area (Å²) in [6.07, 6.45) is 0. The van der Waals surface area contributed by atoms with Gasteiger partial charge in [0.05, 0.1) is 27.9 Å². The van der Waals surface area contributed by atoms with Crippen LogP contribution in [-0.4, -0.2) is 40.4 Å². The molecule has 0 aliphatic carbocycles. The monoisotopic (exact) mass is 265 g/mol. The van der Waals surface area contributed by atoms with Gasteiger partial charge in [-0.2, -0.15) is 0 Å². The van der Waals surface area contributed by atoms with Crippen molar-refractivity contribution in [3.05, 3.63) is 17.7 Å². The Morgan fingerprint density at radius 2 is 1.84 bits per heavy atom. The summed E-state index contributed by atoms with van der Waals surface area (Å²) in [5, 5.41) is 6.38. The second kappa shape index (κ2) is 6.17. The molecular weight excluding hydrogens is 246 g/mol. The average Bonchev–Trinajstić information content (AvgIpc) is 2.97. The zero-order valence-electron chi connectivity index (χ0n) is 11.4. The van der Waals surface area contributed by atoms with Crippen molar-refractivity contribution in [2.24, 2.45) is 4.99 Å². The topological polar surface area (TPSA) is 64.1 Å². The van der Waals surface area contributed by atoms with E-state index < -0.39 is 0 Å². The van der Waals surface area contributed by atoms with Crippen LogP contribution < -0.4 is 24.8 Å². The van der Waals surface area contributed by atoms with Crippen molar-refractivity contribution in [3.8, 4) is 17.2 Å². The van der Waals surface area contributed by atoms with E-state index in [1.165, 1.54) is 0 Å². The highest BCUT2D eigenvalue weighted by atomic mass is 16.5. The maximum absolute atomic E-state index is 5.31. The predicted molar refractivity (Wildman–Crippen MR) is 73.2 cm³/mol. The fourth-order valence-corrected chi connectivity index (χ4v) is 1.94. The maximum atomic E-state index is 5.31. The van der Waals surface area contributed by atoms with Crippen LogP contribution in [0.15, 0.2) is 17.1 Å². The normalized spacial score (nSPS) is 13.5. The first-order valence-corrected chi connectivity index (χ1v) is 6.09. The lowest BCUT2D eigenvalue weighted by Crippen LogP contribution is -2.33. The smallest absolute Gasteiger partial charge is 0.203 e. The quantitative estimate of drug-likeness (QED) is 0.823. The van der Waals surface area contributed by atoms with Crippen molar-refractivity contribution < 1.29 is 14.2 Å². The van der Waals surface area contributed by atoms with Crippen molar-refractivity contribution in [2.45, 2.75) is 6.54 Å². The molecule has 1 aliphatic rings. The van der Waals surface area contributed by atoms with E-state index in [-0.39, 0.29) is 0 Å². The highest BCUT2D eigenvalue weighted by Crippen LogP contribution is 2.38. The summed E-state index contributed by atoms with van der Waals surface area (Å²) in [5.41, 5.74) is 1.03. The Kier molecular flexibility index (Phi) is 4.33. The number of benzene rings is 1. The average molecular weight is 265 g/mol. The van der Waals surface area contributed by atoms with Crippen LogP contribution in [0.4, 0.5) is 0 Å². The minimum atomic E-state index is 0.602. The molecule has 0 atom stereocenters. The van der Waals surface area contributed by atoms with E-state index >= 15 is 0 Å². The zero-order chi connectivity index (χ0) is 13.7. The Bertz CT molecular complexity index is 449. The van der Waals surface area contributed by atoms with Crippen LogP contribution in [0.5, 0.6) is 17.2 Å². The number of guanidine groups is 1. The third kappa shape index (κ3) is 3.01. The summed E-state index contributed by atoms with van der Waals surface area (Å²) in [6, 6.07) is 3.84. The molecule has 0 bridgehead atoms. The third-order valence-corrected chi connectivity index (χ3v) is 2.86.